The Balaban J connectivity index is 1.49. The van der Waals surface area contributed by atoms with Crippen LogP contribution in [0.2, 0.25) is 0 Å². The Morgan fingerprint density at radius 3 is 2.31 bits per heavy atom. The first-order chi connectivity index (χ1) is 12.6. The van der Waals surface area contributed by atoms with Gasteiger partial charge in [-0.25, -0.2) is 9.80 Å². The highest BCUT2D eigenvalue weighted by Gasteiger charge is 2.19. The normalized spacial score (nSPS) is 14.7. The minimum atomic E-state index is -1.04. The van der Waals surface area contributed by atoms with E-state index in [4.69, 9.17) is 9.84 Å². The number of anilines is 1. The molecule has 8 heteroatoms. The van der Waals surface area contributed by atoms with Crippen molar-refractivity contribution in [2.75, 3.05) is 37.7 Å². The number of piperazine rings is 1. The van der Waals surface area contributed by atoms with Crippen LogP contribution < -0.4 is 15.1 Å². The number of pyridine rings is 1. The van der Waals surface area contributed by atoms with Gasteiger partial charge in [-0.2, -0.15) is 0 Å². The molecule has 0 saturated carbocycles. The standard InChI is InChI=1S/C18H20N4O4/c23-17(24)13-26-16-3-1-14(2-4-16)18(25)20-22-11-9-21(10-12-22)15-5-7-19-8-6-15/h1-8H,9-13H2,(H,20,25)(H,23,24). The number of hydrazine groups is 1. The van der Waals surface area contributed by atoms with E-state index >= 15 is 0 Å². The Bertz CT molecular complexity index is 744. The zero-order valence-corrected chi connectivity index (χ0v) is 14.2. The van der Waals surface area contributed by atoms with E-state index in [1.807, 2.05) is 17.1 Å². The van der Waals surface area contributed by atoms with Gasteiger partial charge in [-0.05, 0) is 36.4 Å². The quantitative estimate of drug-likeness (QED) is 0.798. The maximum Gasteiger partial charge on any atom is 0.341 e. The summed E-state index contributed by atoms with van der Waals surface area (Å²) in [5.41, 5.74) is 4.52. The largest absolute Gasteiger partial charge is 0.482 e. The van der Waals surface area contributed by atoms with Crippen molar-refractivity contribution < 1.29 is 19.4 Å². The maximum atomic E-state index is 12.3. The fourth-order valence-electron chi connectivity index (χ4n) is 2.69. The first-order valence-corrected chi connectivity index (χ1v) is 8.27. The van der Waals surface area contributed by atoms with Crippen LogP contribution in [0.3, 0.4) is 0 Å². The number of carboxylic acid groups (broad SMARTS) is 1. The molecular formula is C18H20N4O4. The second-order valence-electron chi connectivity index (χ2n) is 5.83. The lowest BCUT2D eigenvalue weighted by molar-refractivity contribution is -0.139. The molecule has 1 aliphatic heterocycles. The van der Waals surface area contributed by atoms with Crippen LogP contribution in [-0.2, 0) is 4.79 Å². The Morgan fingerprint density at radius 2 is 1.69 bits per heavy atom. The van der Waals surface area contributed by atoms with Gasteiger partial charge in [0.25, 0.3) is 5.91 Å². The van der Waals surface area contributed by atoms with Crippen molar-refractivity contribution in [3.05, 3.63) is 54.4 Å². The molecule has 0 atom stereocenters. The van der Waals surface area contributed by atoms with Gasteiger partial charge in [0, 0.05) is 49.8 Å². The fourth-order valence-corrected chi connectivity index (χ4v) is 2.69. The second-order valence-corrected chi connectivity index (χ2v) is 5.83. The molecule has 1 saturated heterocycles. The van der Waals surface area contributed by atoms with Crippen LogP contribution in [0.5, 0.6) is 5.75 Å². The lowest BCUT2D eigenvalue weighted by Crippen LogP contribution is -2.53. The minimum Gasteiger partial charge on any atom is -0.482 e. The first-order valence-electron chi connectivity index (χ1n) is 8.27. The summed E-state index contributed by atoms with van der Waals surface area (Å²) >= 11 is 0. The summed E-state index contributed by atoms with van der Waals surface area (Å²) in [5.74, 6) is -0.834. The molecular weight excluding hydrogens is 336 g/mol. The first kappa shape index (κ1) is 17.7. The number of amides is 1. The Hall–Kier alpha value is -3.13. The number of carbonyl (C=O) groups excluding carboxylic acids is 1. The predicted molar refractivity (Wildman–Crippen MR) is 95.1 cm³/mol. The summed E-state index contributed by atoms with van der Waals surface area (Å²) in [6.07, 6.45) is 3.54. The minimum absolute atomic E-state index is 0.202. The second kappa shape index (κ2) is 8.30. The third-order valence-corrected chi connectivity index (χ3v) is 4.05. The van der Waals surface area contributed by atoms with E-state index in [0.29, 0.717) is 24.4 Å². The number of carboxylic acids is 1. The number of hydrogen-bond donors (Lipinski definition) is 2. The van der Waals surface area contributed by atoms with Gasteiger partial charge in [0.05, 0.1) is 0 Å². The fraction of sp³-hybridized carbons (Fsp3) is 0.278. The van der Waals surface area contributed by atoms with E-state index in [1.54, 1.807) is 36.7 Å². The molecule has 0 unspecified atom stereocenters. The molecule has 3 rings (SSSR count). The van der Waals surface area contributed by atoms with E-state index in [9.17, 15) is 9.59 Å². The van der Waals surface area contributed by atoms with Gasteiger partial charge in [-0.1, -0.05) is 0 Å². The number of benzene rings is 1. The number of carbonyl (C=O) groups is 2. The Labute approximate surface area is 151 Å². The number of aromatic nitrogens is 1. The third kappa shape index (κ3) is 4.70. The lowest BCUT2D eigenvalue weighted by atomic mass is 10.2. The highest BCUT2D eigenvalue weighted by atomic mass is 16.5. The SMILES string of the molecule is O=C(O)COc1ccc(C(=O)NN2CCN(c3ccncc3)CC2)cc1. The van der Waals surface area contributed by atoms with E-state index in [-0.39, 0.29) is 5.91 Å². The monoisotopic (exact) mass is 356 g/mol. The molecule has 0 bridgehead atoms. The van der Waals surface area contributed by atoms with Crippen molar-refractivity contribution in [1.29, 1.82) is 0 Å². The topological polar surface area (TPSA) is 95.0 Å². The van der Waals surface area contributed by atoms with Gasteiger partial charge in [0.2, 0.25) is 0 Å². The number of rotatable bonds is 6. The molecule has 2 N–H and O–H groups in total. The average Bonchev–Trinajstić information content (AvgIpc) is 2.68. The van der Waals surface area contributed by atoms with Crippen LogP contribution in [0.1, 0.15) is 10.4 Å². The molecule has 1 aromatic carbocycles. The van der Waals surface area contributed by atoms with Crippen LogP contribution in [0.15, 0.2) is 48.8 Å². The zero-order chi connectivity index (χ0) is 18.4. The third-order valence-electron chi connectivity index (χ3n) is 4.05. The number of ether oxygens (including phenoxy) is 1. The summed E-state index contributed by atoms with van der Waals surface area (Å²) in [6.45, 7) is 2.65. The zero-order valence-electron chi connectivity index (χ0n) is 14.2. The van der Waals surface area contributed by atoms with Crippen molar-refractivity contribution >= 4 is 17.6 Å². The van der Waals surface area contributed by atoms with Crippen molar-refractivity contribution in [2.24, 2.45) is 0 Å². The van der Waals surface area contributed by atoms with Crippen molar-refractivity contribution in [2.45, 2.75) is 0 Å². The molecule has 8 nitrogen and oxygen atoms in total. The number of nitrogens with one attached hydrogen (secondary N) is 1. The van der Waals surface area contributed by atoms with Gasteiger partial charge < -0.3 is 14.7 Å². The van der Waals surface area contributed by atoms with E-state index < -0.39 is 12.6 Å². The van der Waals surface area contributed by atoms with Crippen LogP contribution in [0.25, 0.3) is 0 Å². The van der Waals surface area contributed by atoms with Crippen LogP contribution in [0.4, 0.5) is 5.69 Å². The van der Waals surface area contributed by atoms with Gasteiger partial charge in [0.1, 0.15) is 5.75 Å². The summed E-state index contributed by atoms with van der Waals surface area (Å²) in [4.78, 5) is 29.1. The molecule has 1 aliphatic rings. The molecule has 1 aromatic heterocycles. The van der Waals surface area contributed by atoms with Crippen LogP contribution in [-0.4, -0.2) is 59.8 Å². The molecule has 1 fully saturated rings. The molecule has 1 amide bonds. The lowest BCUT2D eigenvalue weighted by Gasteiger charge is -2.35. The molecule has 0 radical (unpaired) electrons. The molecule has 2 aromatic rings. The maximum absolute atomic E-state index is 12.3. The molecule has 0 spiro atoms. The number of aliphatic carboxylic acids is 1. The van der Waals surface area contributed by atoms with Gasteiger partial charge >= 0.3 is 5.97 Å². The Kier molecular flexibility index (Phi) is 5.65. The Morgan fingerprint density at radius 1 is 1.04 bits per heavy atom. The van der Waals surface area contributed by atoms with Crippen molar-refractivity contribution in [3.63, 3.8) is 0 Å². The van der Waals surface area contributed by atoms with Gasteiger partial charge in [-0.3, -0.25) is 15.2 Å². The molecule has 2 heterocycles. The van der Waals surface area contributed by atoms with Gasteiger partial charge in [0.15, 0.2) is 6.61 Å². The van der Waals surface area contributed by atoms with E-state index in [0.717, 1.165) is 18.8 Å². The van der Waals surface area contributed by atoms with Crippen LogP contribution >= 0.6 is 0 Å². The summed E-state index contributed by atoms with van der Waals surface area (Å²) in [6, 6.07) is 10.3. The summed E-state index contributed by atoms with van der Waals surface area (Å²) < 4.78 is 5.05. The molecule has 136 valence electrons. The number of nitrogens with zero attached hydrogens (tertiary/aromatic N) is 3. The molecule has 26 heavy (non-hydrogen) atoms. The smallest absolute Gasteiger partial charge is 0.341 e. The number of hydrogen-bond acceptors (Lipinski definition) is 6. The van der Waals surface area contributed by atoms with Crippen LogP contribution in [0, 0.1) is 0 Å². The van der Waals surface area contributed by atoms with Crippen molar-refractivity contribution in [1.82, 2.24) is 15.4 Å². The summed E-state index contributed by atoms with van der Waals surface area (Å²) in [5, 5.41) is 10.5. The predicted octanol–water partition coefficient (Wildman–Crippen LogP) is 1.01. The van der Waals surface area contributed by atoms with Gasteiger partial charge in [-0.15, -0.1) is 0 Å². The van der Waals surface area contributed by atoms with E-state index in [2.05, 4.69) is 15.3 Å². The highest BCUT2D eigenvalue weighted by molar-refractivity contribution is 5.93. The van der Waals surface area contributed by atoms with Crippen molar-refractivity contribution in [3.8, 4) is 5.75 Å². The summed E-state index contributed by atoms with van der Waals surface area (Å²) in [7, 11) is 0. The molecule has 0 aliphatic carbocycles. The highest BCUT2D eigenvalue weighted by Crippen LogP contribution is 2.15. The average molecular weight is 356 g/mol. The van der Waals surface area contributed by atoms with E-state index in [1.165, 1.54) is 0 Å².